The van der Waals surface area contributed by atoms with E-state index in [1.165, 1.54) is 19.4 Å². The van der Waals surface area contributed by atoms with E-state index in [-0.39, 0.29) is 35.8 Å². The molecule has 0 radical (unpaired) electrons. The van der Waals surface area contributed by atoms with Crippen LogP contribution in [0.5, 0.6) is 11.8 Å². The normalized spacial score (nSPS) is 12.0. The predicted molar refractivity (Wildman–Crippen MR) is 106 cm³/mol. The van der Waals surface area contributed by atoms with Crippen molar-refractivity contribution in [2.24, 2.45) is 5.92 Å². The maximum Gasteiger partial charge on any atom is 0.272 e. The van der Waals surface area contributed by atoms with E-state index in [0.29, 0.717) is 16.8 Å². The van der Waals surface area contributed by atoms with E-state index in [1.54, 1.807) is 25.1 Å². The minimum atomic E-state index is -2.61. The lowest BCUT2D eigenvalue weighted by molar-refractivity contribution is -0.121. The van der Waals surface area contributed by atoms with Crippen molar-refractivity contribution in [2.75, 3.05) is 13.7 Å². The number of pyridine rings is 2. The number of ketones is 1. The Morgan fingerprint density at radius 2 is 1.90 bits per heavy atom. The molecular formula is C21H25F2N3O4. The quantitative estimate of drug-likeness (QED) is 0.633. The Morgan fingerprint density at radius 1 is 1.17 bits per heavy atom. The van der Waals surface area contributed by atoms with Gasteiger partial charge in [-0.3, -0.25) is 14.6 Å². The fourth-order valence-corrected chi connectivity index (χ4v) is 2.61. The molecule has 2 heterocycles. The van der Waals surface area contributed by atoms with Crippen molar-refractivity contribution in [3.8, 4) is 11.8 Å². The number of rotatable bonds is 10. The summed E-state index contributed by atoms with van der Waals surface area (Å²) in [5, 5.41) is 2.83. The van der Waals surface area contributed by atoms with Gasteiger partial charge in [-0.15, -0.1) is 0 Å². The highest BCUT2D eigenvalue weighted by molar-refractivity contribution is 5.94. The van der Waals surface area contributed by atoms with Crippen LogP contribution >= 0.6 is 0 Å². The van der Waals surface area contributed by atoms with E-state index < -0.39 is 19.1 Å². The lowest BCUT2D eigenvalue weighted by Crippen LogP contribution is -2.27. The first kappa shape index (κ1) is 23.2. The molecule has 2 aromatic heterocycles. The van der Waals surface area contributed by atoms with Crippen molar-refractivity contribution in [1.29, 1.82) is 0 Å². The summed E-state index contributed by atoms with van der Waals surface area (Å²) in [6.07, 6.45) is -0.969. The van der Waals surface area contributed by atoms with Gasteiger partial charge in [0.1, 0.15) is 5.78 Å². The minimum Gasteiger partial charge on any atom is -0.481 e. The van der Waals surface area contributed by atoms with Crippen molar-refractivity contribution in [3.05, 3.63) is 47.3 Å². The van der Waals surface area contributed by atoms with Crippen molar-refractivity contribution < 1.29 is 27.8 Å². The van der Waals surface area contributed by atoms with Gasteiger partial charge in [0.2, 0.25) is 11.8 Å². The van der Waals surface area contributed by atoms with Gasteiger partial charge in [0.15, 0.2) is 6.61 Å². The van der Waals surface area contributed by atoms with Gasteiger partial charge in [-0.05, 0) is 25.1 Å². The van der Waals surface area contributed by atoms with E-state index in [4.69, 9.17) is 9.47 Å². The summed E-state index contributed by atoms with van der Waals surface area (Å²) in [6.45, 7) is 4.59. The number of alkyl halides is 2. The molecule has 0 aromatic carbocycles. The van der Waals surface area contributed by atoms with Crippen LogP contribution in [0.2, 0.25) is 0 Å². The third-order valence-electron chi connectivity index (χ3n) is 4.31. The van der Waals surface area contributed by atoms with Gasteiger partial charge in [0, 0.05) is 41.4 Å². The molecule has 1 amide bonds. The second kappa shape index (κ2) is 10.6. The van der Waals surface area contributed by atoms with Crippen LogP contribution < -0.4 is 14.8 Å². The predicted octanol–water partition coefficient (Wildman–Crippen LogP) is 3.39. The van der Waals surface area contributed by atoms with Crippen LogP contribution in [0.4, 0.5) is 8.78 Å². The third kappa shape index (κ3) is 6.47. The SMILES string of the molecule is COc1nc(OCC(F)F)ccc1C(C)NC(=O)c1ccnc(CC(=O)C(C)C)c1. The van der Waals surface area contributed by atoms with Crippen molar-refractivity contribution in [1.82, 2.24) is 15.3 Å². The smallest absolute Gasteiger partial charge is 0.272 e. The maximum absolute atomic E-state index is 12.7. The lowest BCUT2D eigenvalue weighted by atomic mass is 10.0. The van der Waals surface area contributed by atoms with E-state index >= 15 is 0 Å². The molecule has 7 nitrogen and oxygen atoms in total. The van der Waals surface area contributed by atoms with Gasteiger partial charge < -0.3 is 14.8 Å². The highest BCUT2D eigenvalue weighted by atomic mass is 19.3. The zero-order valence-electron chi connectivity index (χ0n) is 17.3. The summed E-state index contributed by atoms with van der Waals surface area (Å²) in [7, 11) is 1.39. The molecule has 2 rings (SSSR count). The number of carbonyl (C=O) groups is 2. The number of Topliss-reactive ketones (excluding diaryl/α,β-unsaturated/α-hetero) is 1. The number of methoxy groups -OCH3 is 1. The fourth-order valence-electron chi connectivity index (χ4n) is 2.61. The average Bonchev–Trinajstić information content (AvgIpc) is 2.71. The van der Waals surface area contributed by atoms with Crippen LogP contribution in [0.15, 0.2) is 30.5 Å². The fraction of sp³-hybridized carbons (Fsp3) is 0.429. The summed E-state index contributed by atoms with van der Waals surface area (Å²) >= 11 is 0. The Balaban J connectivity index is 2.11. The number of nitrogens with zero attached hydrogens (tertiary/aromatic N) is 2. The van der Waals surface area contributed by atoms with Crippen LogP contribution in [0.25, 0.3) is 0 Å². The Kier molecular flexibility index (Phi) is 8.20. The summed E-state index contributed by atoms with van der Waals surface area (Å²) in [5.74, 6) is -0.269. The molecule has 1 N–H and O–H groups in total. The average molecular weight is 421 g/mol. The molecule has 30 heavy (non-hydrogen) atoms. The molecule has 0 fully saturated rings. The highest BCUT2D eigenvalue weighted by Crippen LogP contribution is 2.26. The van der Waals surface area contributed by atoms with Gasteiger partial charge in [0.25, 0.3) is 12.3 Å². The second-order valence-corrected chi connectivity index (χ2v) is 6.98. The molecule has 0 aliphatic carbocycles. The number of hydrogen-bond acceptors (Lipinski definition) is 6. The van der Waals surface area contributed by atoms with Crippen molar-refractivity contribution in [2.45, 2.75) is 39.7 Å². The largest absolute Gasteiger partial charge is 0.481 e. The summed E-state index contributed by atoms with van der Waals surface area (Å²) in [5.41, 5.74) is 1.44. The van der Waals surface area contributed by atoms with E-state index in [1.807, 2.05) is 13.8 Å². The Bertz CT molecular complexity index is 890. The molecule has 0 saturated carbocycles. The van der Waals surface area contributed by atoms with Crippen LogP contribution in [-0.2, 0) is 11.2 Å². The molecular weight excluding hydrogens is 396 g/mol. The number of ether oxygens (including phenoxy) is 2. The molecule has 0 bridgehead atoms. The molecule has 1 atom stereocenters. The number of nitrogens with one attached hydrogen (secondary N) is 1. The third-order valence-corrected chi connectivity index (χ3v) is 4.31. The van der Waals surface area contributed by atoms with Crippen LogP contribution in [0, 0.1) is 5.92 Å². The first-order valence-corrected chi connectivity index (χ1v) is 9.45. The summed E-state index contributed by atoms with van der Waals surface area (Å²) < 4.78 is 34.7. The van der Waals surface area contributed by atoms with E-state index in [9.17, 15) is 18.4 Å². The first-order chi connectivity index (χ1) is 14.2. The number of amides is 1. The number of hydrogen-bond donors (Lipinski definition) is 1. The van der Waals surface area contributed by atoms with Gasteiger partial charge in [0.05, 0.1) is 13.2 Å². The van der Waals surface area contributed by atoms with Crippen LogP contribution in [0.1, 0.15) is 48.4 Å². The van der Waals surface area contributed by atoms with Crippen molar-refractivity contribution in [3.63, 3.8) is 0 Å². The first-order valence-electron chi connectivity index (χ1n) is 9.45. The van der Waals surface area contributed by atoms with Crippen molar-refractivity contribution >= 4 is 11.7 Å². The minimum absolute atomic E-state index is 0.00280. The lowest BCUT2D eigenvalue weighted by Gasteiger charge is -2.17. The summed E-state index contributed by atoms with van der Waals surface area (Å²) in [4.78, 5) is 32.8. The van der Waals surface area contributed by atoms with E-state index in [2.05, 4.69) is 15.3 Å². The monoisotopic (exact) mass is 421 g/mol. The zero-order chi connectivity index (χ0) is 22.3. The number of halogens is 2. The van der Waals surface area contributed by atoms with Crippen LogP contribution in [-0.4, -0.2) is 41.8 Å². The van der Waals surface area contributed by atoms with Gasteiger partial charge >= 0.3 is 0 Å². The van der Waals surface area contributed by atoms with E-state index in [0.717, 1.165) is 0 Å². The molecule has 0 aliphatic rings. The summed E-state index contributed by atoms with van der Waals surface area (Å²) in [6, 6.07) is 5.68. The molecule has 2 aromatic rings. The number of aromatic nitrogens is 2. The standard InChI is InChI=1S/C21H25F2N3O4/c1-12(2)17(27)10-15-9-14(7-8-24-15)20(28)25-13(3)16-5-6-19(26-21(16)29-4)30-11-18(22)23/h5-9,12-13,18H,10-11H2,1-4H3,(H,25,28). The molecule has 9 heteroatoms. The molecule has 1 unspecified atom stereocenters. The molecule has 0 aliphatic heterocycles. The molecule has 0 spiro atoms. The van der Waals surface area contributed by atoms with Crippen LogP contribution in [0.3, 0.4) is 0 Å². The number of carbonyl (C=O) groups excluding carboxylic acids is 2. The highest BCUT2D eigenvalue weighted by Gasteiger charge is 2.18. The topological polar surface area (TPSA) is 90.4 Å². The Morgan fingerprint density at radius 3 is 2.53 bits per heavy atom. The van der Waals surface area contributed by atoms with Gasteiger partial charge in [-0.25, -0.2) is 8.78 Å². The molecule has 0 saturated heterocycles. The second-order valence-electron chi connectivity index (χ2n) is 6.98. The molecule has 162 valence electrons. The van der Waals surface area contributed by atoms with Gasteiger partial charge in [-0.2, -0.15) is 4.98 Å². The zero-order valence-corrected chi connectivity index (χ0v) is 17.3. The Hall–Kier alpha value is -3.10. The Labute approximate surface area is 173 Å². The maximum atomic E-state index is 12.7. The van der Waals surface area contributed by atoms with Gasteiger partial charge in [-0.1, -0.05) is 13.8 Å².